The van der Waals surface area contributed by atoms with Crippen molar-refractivity contribution in [3.05, 3.63) is 59.3 Å². The Morgan fingerprint density at radius 3 is 2.67 bits per heavy atom. The average Bonchev–Trinajstić information content (AvgIpc) is 2.86. The summed E-state index contributed by atoms with van der Waals surface area (Å²) in [5, 5.41) is 3.75. The zero-order valence-corrected chi connectivity index (χ0v) is 12.0. The van der Waals surface area contributed by atoms with Crippen molar-refractivity contribution in [2.24, 2.45) is 0 Å². The normalized spacial score (nSPS) is 10.8. The van der Waals surface area contributed by atoms with Crippen LogP contribution in [0.15, 0.2) is 42.6 Å². The number of rotatable bonds is 2. The first kappa shape index (κ1) is 13.2. The molecule has 3 aromatic rings. The monoisotopic (exact) mass is 279 g/mol. The minimum absolute atomic E-state index is 0.143. The van der Waals surface area contributed by atoms with E-state index in [-0.39, 0.29) is 5.91 Å². The Hall–Kier alpha value is -2.75. The molecular formula is C17H17N3O. The maximum Gasteiger partial charge on any atom is 0.257 e. The van der Waals surface area contributed by atoms with Gasteiger partial charge in [-0.25, -0.2) is 0 Å². The highest BCUT2D eigenvalue weighted by molar-refractivity contribution is 6.13. The molecule has 21 heavy (non-hydrogen) atoms. The van der Waals surface area contributed by atoms with E-state index in [1.165, 1.54) is 5.56 Å². The third-order valence-electron chi connectivity index (χ3n) is 3.72. The molecule has 3 rings (SSSR count). The second-order valence-corrected chi connectivity index (χ2v) is 5.26. The van der Waals surface area contributed by atoms with Gasteiger partial charge in [0.05, 0.1) is 5.56 Å². The van der Waals surface area contributed by atoms with Gasteiger partial charge in [0, 0.05) is 28.5 Å². The summed E-state index contributed by atoms with van der Waals surface area (Å²) in [5.74, 6) is -0.143. The summed E-state index contributed by atoms with van der Waals surface area (Å²) in [6.07, 6.45) is 1.71. The number of aromatic nitrogens is 1. The van der Waals surface area contributed by atoms with E-state index < -0.39 is 0 Å². The molecule has 106 valence electrons. The molecule has 0 atom stereocenters. The molecule has 0 unspecified atom stereocenters. The van der Waals surface area contributed by atoms with Crippen molar-refractivity contribution in [2.45, 2.75) is 13.8 Å². The molecule has 0 saturated carbocycles. The second kappa shape index (κ2) is 4.98. The van der Waals surface area contributed by atoms with Gasteiger partial charge in [-0.05, 0) is 55.3 Å². The molecule has 0 aliphatic rings. The van der Waals surface area contributed by atoms with Crippen LogP contribution in [0.5, 0.6) is 0 Å². The lowest BCUT2D eigenvalue weighted by atomic mass is 10.1. The first-order valence-corrected chi connectivity index (χ1v) is 6.80. The number of fused-ring (bicyclic) bond motifs is 1. The van der Waals surface area contributed by atoms with E-state index in [0.717, 1.165) is 22.2 Å². The largest absolute Gasteiger partial charge is 0.399 e. The number of amides is 1. The van der Waals surface area contributed by atoms with E-state index in [1.54, 1.807) is 12.3 Å². The molecule has 1 amide bonds. The van der Waals surface area contributed by atoms with E-state index in [4.69, 9.17) is 5.73 Å². The zero-order chi connectivity index (χ0) is 15.0. The van der Waals surface area contributed by atoms with Crippen LogP contribution in [0.3, 0.4) is 0 Å². The Morgan fingerprint density at radius 2 is 1.90 bits per heavy atom. The van der Waals surface area contributed by atoms with Crippen LogP contribution in [0.1, 0.15) is 21.5 Å². The summed E-state index contributed by atoms with van der Waals surface area (Å²) in [5.41, 5.74) is 11.1. The number of anilines is 2. The smallest absolute Gasteiger partial charge is 0.257 e. The molecule has 4 heteroatoms. The van der Waals surface area contributed by atoms with Crippen molar-refractivity contribution in [3.63, 3.8) is 0 Å². The standard InChI is InChI=1S/C17H17N3O/c1-10-3-5-13(7-11(10)2)20-17(21)15-9-19-16-6-4-12(18)8-14(15)16/h3-9,19H,18H2,1-2H3,(H,20,21). The van der Waals surface area contributed by atoms with Gasteiger partial charge in [-0.1, -0.05) is 6.07 Å². The van der Waals surface area contributed by atoms with Crippen molar-refractivity contribution in [1.82, 2.24) is 4.98 Å². The fourth-order valence-electron chi connectivity index (χ4n) is 2.34. The van der Waals surface area contributed by atoms with Crippen molar-refractivity contribution in [1.29, 1.82) is 0 Å². The summed E-state index contributed by atoms with van der Waals surface area (Å²) < 4.78 is 0. The number of hydrogen-bond acceptors (Lipinski definition) is 2. The Bertz CT molecular complexity index is 833. The maximum atomic E-state index is 12.4. The Balaban J connectivity index is 1.93. The molecule has 2 aromatic carbocycles. The molecule has 0 aliphatic carbocycles. The Kier molecular flexibility index (Phi) is 3.14. The number of nitrogens with one attached hydrogen (secondary N) is 2. The van der Waals surface area contributed by atoms with Crippen LogP contribution in [0.2, 0.25) is 0 Å². The summed E-state index contributed by atoms with van der Waals surface area (Å²) in [6.45, 7) is 4.07. The van der Waals surface area contributed by atoms with Gasteiger partial charge in [0.2, 0.25) is 0 Å². The molecule has 0 fully saturated rings. The number of nitrogens with two attached hydrogens (primary N) is 1. The second-order valence-electron chi connectivity index (χ2n) is 5.26. The van der Waals surface area contributed by atoms with Gasteiger partial charge in [0.25, 0.3) is 5.91 Å². The Labute approximate surface area is 123 Å². The van der Waals surface area contributed by atoms with Crippen LogP contribution in [-0.2, 0) is 0 Å². The van der Waals surface area contributed by atoms with E-state index in [9.17, 15) is 4.79 Å². The first-order chi connectivity index (χ1) is 10.0. The fraction of sp³-hybridized carbons (Fsp3) is 0.118. The third-order valence-corrected chi connectivity index (χ3v) is 3.72. The third kappa shape index (κ3) is 2.48. The van der Waals surface area contributed by atoms with E-state index >= 15 is 0 Å². The van der Waals surface area contributed by atoms with Gasteiger partial charge in [-0.3, -0.25) is 4.79 Å². The minimum Gasteiger partial charge on any atom is -0.399 e. The number of carbonyl (C=O) groups excluding carboxylic acids is 1. The van der Waals surface area contributed by atoms with Crippen LogP contribution in [-0.4, -0.2) is 10.9 Å². The molecular weight excluding hydrogens is 262 g/mol. The molecule has 0 aliphatic heterocycles. The average molecular weight is 279 g/mol. The molecule has 0 saturated heterocycles. The van der Waals surface area contributed by atoms with Gasteiger partial charge in [0.1, 0.15) is 0 Å². The predicted octanol–water partition coefficient (Wildman–Crippen LogP) is 3.62. The topological polar surface area (TPSA) is 70.9 Å². The summed E-state index contributed by atoms with van der Waals surface area (Å²) in [4.78, 5) is 15.5. The highest BCUT2D eigenvalue weighted by Gasteiger charge is 2.12. The summed E-state index contributed by atoms with van der Waals surface area (Å²) >= 11 is 0. The summed E-state index contributed by atoms with van der Waals surface area (Å²) in [7, 11) is 0. The van der Waals surface area contributed by atoms with Gasteiger partial charge in [0.15, 0.2) is 0 Å². The number of H-pyrrole nitrogens is 1. The molecule has 1 aromatic heterocycles. The fourth-order valence-corrected chi connectivity index (χ4v) is 2.34. The lowest BCUT2D eigenvalue weighted by Gasteiger charge is -2.07. The van der Waals surface area contributed by atoms with Gasteiger partial charge in [-0.15, -0.1) is 0 Å². The highest BCUT2D eigenvalue weighted by Crippen LogP contribution is 2.22. The number of aryl methyl sites for hydroxylation is 2. The molecule has 0 bridgehead atoms. The van der Waals surface area contributed by atoms with Gasteiger partial charge < -0.3 is 16.0 Å². The lowest BCUT2D eigenvalue weighted by molar-refractivity contribution is 0.102. The SMILES string of the molecule is Cc1ccc(NC(=O)c2c[nH]c3ccc(N)cc23)cc1C. The van der Waals surface area contributed by atoms with Crippen molar-refractivity contribution >= 4 is 28.2 Å². The van der Waals surface area contributed by atoms with Gasteiger partial charge in [-0.2, -0.15) is 0 Å². The maximum absolute atomic E-state index is 12.4. The molecule has 4 N–H and O–H groups in total. The van der Waals surface area contributed by atoms with Crippen LogP contribution in [0, 0.1) is 13.8 Å². The molecule has 1 heterocycles. The minimum atomic E-state index is -0.143. The van der Waals surface area contributed by atoms with Crippen molar-refractivity contribution < 1.29 is 4.79 Å². The van der Waals surface area contributed by atoms with Crippen LogP contribution in [0.25, 0.3) is 10.9 Å². The lowest BCUT2D eigenvalue weighted by Crippen LogP contribution is -2.11. The van der Waals surface area contributed by atoms with E-state index in [1.807, 2.05) is 44.2 Å². The summed E-state index contributed by atoms with van der Waals surface area (Å²) in [6, 6.07) is 11.4. The molecule has 0 radical (unpaired) electrons. The molecule has 4 nitrogen and oxygen atoms in total. The van der Waals surface area contributed by atoms with Crippen LogP contribution >= 0.6 is 0 Å². The number of carbonyl (C=O) groups is 1. The van der Waals surface area contributed by atoms with Crippen LogP contribution < -0.4 is 11.1 Å². The zero-order valence-electron chi connectivity index (χ0n) is 12.0. The first-order valence-electron chi connectivity index (χ1n) is 6.80. The van der Waals surface area contributed by atoms with Crippen molar-refractivity contribution in [2.75, 3.05) is 11.1 Å². The number of benzene rings is 2. The number of nitrogen functional groups attached to an aromatic ring is 1. The van der Waals surface area contributed by atoms with Gasteiger partial charge >= 0.3 is 0 Å². The number of aromatic amines is 1. The van der Waals surface area contributed by atoms with Crippen molar-refractivity contribution in [3.8, 4) is 0 Å². The molecule has 0 spiro atoms. The number of hydrogen-bond donors (Lipinski definition) is 3. The van der Waals surface area contributed by atoms with E-state index in [0.29, 0.717) is 11.3 Å². The quantitative estimate of drug-likeness (QED) is 0.627. The predicted molar refractivity (Wildman–Crippen MR) is 86.6 cm³/mol. The van der Waals surface area contributed by atoms with Crippen LogP contribution in [0.4, 0.5) is 11.4 Å². The van der Waals surface area contributed by atoms with E-state index in [2.05, 4.69) is 10.3 Å². The highest BCUT2D eigenvalue weighted by atomic mass is 16.1. The Morgan fingerprint density at radius 1 is 1.10 bits per heavy atom.